The molecular weight excluding hydrogens is 259 g/mol. The Labute approximate surface area is 119 Å². The predicted octanol–water partition coefficient (Wildman–Crippen LogP) is 1.34. The van der Waals surface area contributed by atoms with Gasteiger partial charge >= 0.3 is 0 Å². The van der Waals surface area contributed by atoms with E-state index in [0.717, 1.165) is 43.1 Å². The molecule has 2 heterocycles. The molecule has 1 aliphatic heterocycles. The highest BCUT2D eigenvalue weighted by atomic mass is 19.1. The van der Waals surface area contributed by atoms with Crippen LogP contribution < -0.4 is 10.6 Å². The second-order valence-electron chi connectivity index (χ2n) is 4.87. The Morgan fingerprint density at radius 2 is 2.25 bits per heavy atom. The molecule has 1 aromatic heterocycles. The van der Waals surface area contributed by atoms with Crippen molar-refractivity contribution in [2.45, 2.75) is 38.8 Å². The predicted molar refractivity (Wildman–Crippen MR) is 76.8 cm³/mol. The average Bonchev–Trinajstić information content (AvgIpc) is 2.92. The van der Waals surface area contributed by atoms with Crippen molar-refractivity contribution in [3.63, 3.8) is 0 Å². The van der Waals surface area contributed by atoms with Gasteiger partial charge in [0.2, 0.25) is 0 Å². The third-order valence-electron chi connectivity index (χ3n) is 3.49. The van der Waals surface area contributed by atoms with Crippen LogP contribution in [0.15, 0.2) is 6.20 Å². The van der Waals surface area contributed by atoms with E-state index in [1.165, 1.54) is 0 Å². The summed E-state index contributed by atoms with van der Waals surface area (Å²) in [7, 11) is 0. The molecule has 20 heavy (non-hydrogen) atoms. The van der Waals surface area contributed by atoms with Crippen molar-refractivity contribution in [3.05, 3.63) is 17.6 Å². The zero-order chi connectivity index (χ0) is 14.4. The molecule has 2 N–H and O–H groups in total. The van der Waals surface area contributed by atoms with E-state index in [4.69, 9.17) is 4.74 Å². The zero-order valence-electron chi connectivity index (χ0n) is 12.2. The van der Waals surface area contributed by atoms with Crippen LogP contribution in [0.5, 0.6) is 0 Å². The van der Waals surface area contributed by atoms with Gasteiger partial charge in [0.25, 0.3) is 0 Å². The summed E-state index contributed by atoms with van der Waals surface area (Å²) in [6, 6.07) is 0.105. The SMILES string of the molecule is CCc1cnc(CC)c(N[C@@H]2CNC[C@H]2OCCF)n1. The Hall–Kier alpha value is -1.27. The zero-order valence-corrected chi connectivity index (χ0v) is 12.2. The lowest BCUT2D eigenvalue weighted by molar-refractivity contribution is 0.0515. The van der Waals surface area contributed by atoms with Crippen LogP contribution >= 0.6 is 0 Å². The first-order valence-corrected chi connectivity index (χ1v) is 7.28. The molecule has 0 radical (unpaired) electrons. The van der Waals surface area contributed by atoms with Gasteiger partial charge in [0.15, 0.2) is 0 Å². The molecule has 0 saturated carbocycles. The van der Waals surface area contributed by atoms with E-state index in [1.54, 1.807) is 0 Å². The first-order chi connectivity index (χ1) is 9.78. The largest absolute Gasteiger partial charge is 0.372 e. The summed E-state index contributed by atoms with van der Waals surface area (Å²) >= 11 is 0. The van der Waals surface area contributed by atoms with Crippen molar-refractivity contribution in [2.24, 2.45) is 0 Å². The fourth-order valence-electron chi connectivity index (χ4n) is 2.34. The number of halogens is 1. The fraction of sp³-hybridized carbons (Fsp3) is 0.714. The molecule has 1 saturated heterocycles. The third-order valence-corrected chi connectivity index (χ3v) is 3.49. The van der Waals surface area contributed by atoms with Crippen molar-refractivity contribution in [2.75, 3.05) is 31.7 Å². The topological polar surface area (TPSA) is 59.1 Å². The number of alkyl halides is 1. The molecule has 0 amide bonds. The minimum absolute atomic E-state index is 0.0254. The molecule has 6 heteroatoms. The second kappa shape index (κ2) is 7.50. The van der Waals surface area contributed by atoms with Crippen LogP contribution in [-0.2, 0) is 17.6 Å². The monoisotopic (exact) mass is 282 g/mol. The Bertz CT molecular complexity index is 430. The molecule has 112 valence electrons. The van der Waals surface area contributed by atoms with E-state index in [1.807, 2.05) is 6.20 Å². The van der Waals surface area contributed by atoms with Crippen LogP contribution in [0, 0.1) is 0 Å². The number of hydrogen-bond donors (Lipinski definition) is 2. The standard InChI is InChI=1S/C14H23FN4O/c1-3-10-7-17-11(4-2)14(18-10)19-12-8-16-9-13(12)20-6-5-15/h7,12-13,16H,3-6,8-9H2,1-2H3,(H,18,19)/t12-,13-/m1/s1. The normalized spacial score (nSPS) is 22.1. The van der Waals surface area contributed by atoms with Gasteiger partial charge in [-0.25, -0.2) is 9.37 Å². The maximum Gasteiger partial charge on any atom is 0.148 e. The molecule has 0 spiro atoms. The highest BCUT2D eigenvalue weighted by molar-refractivity contribution is 5.42. The number of rotatable bonds is 7. The maximum atomic E-state index is 12.2. The van der Waals surface area contributed by atoms with Gasteiger partial charge in [-0.05, 0) is 12.8 Å². The van der Waals surface area contributed by atoms with Crippen LogP contribution in [0.1, 0.15) is 25.2 Å². The molecular formula is C14H23FN4O. The van der Waals surface area contributed by atoms with Crippen LogP contribution in [0.2, 0.25) is 0 Å². The first-order valence-electron chi connectivity index (χ1n) is 7.28. The average molecular weight is 282 g/mol. The summed E-state index contributed by atoms with van der Waals surface area (Å²) in [5, 5.41) is 6.67. The Kier molecular flexibility index (Phi) is 5.67. The van der Waals surface area contributed by atoms with Gasteiger partial charge in [0.1, 0.15) is 12.5 Å². The summed E-state index contributed by atoms with van der Waals surface area (Å²) < 4.78 is 17.7. The first kappa shape index (κ1) is 15.1. The smallest absolute Gasteiger partial charge is 0.148 e. The number of aryl methyl sites for hydroxylation is 2. The minimum atomic E-state index is -0.450. The van der Waals surface area contributed by atoms with Crippen molar-refractivity contribution < 1.29 is 9.13 Å². The van der Waals surface area contributed by atoms with Crippen molar-refractivity contribution in [1.82, 2.24) is 15.3 Å². The van der Waals surface area contributed by atoms with E-state index < -0.39 is 6.67 Å². The lowest BCUT2D eigenvalue weighted by atomic mass is 10.2. The number of anilines is 1. The Morgan fingerprint density at radius 1 is 1.40 bits per heavy atom. The van der Waals surface area contributed by atoms with Crippen LogP contribution in [0.3, 0.4) is 0 Å². The van der Waals surface area contributed by atoms with Crippen LogP contribution in [-0.4, -0.2) is 48.5 Å². The number of nitrogens with one attached hydrogen (secondary N) is 2. The Morgan fingerprint density at radius 3 is 2.95 bits per heavy atom. The van der Waals surface area contributed by atoms with E-state index in [2.05, 4.69) is 34.4 Å². The summed E-state index contributed by atoms with van der Waals surface area (Å²) in [4.78, 5) is 9.06. The summed E-state index contributed by atoms with van der Waals surface area (Å²) in [5.74, 6) is 0.828. The van der Waals surface area contributed by atoms with Crippen LogP contribution in [0.4, 0.5) is 10.2 Å². The van der Waals surface area contributed by atoms with Gasteiger partial charge in [-0.15, -0.1) is 0 Å². The summed E-state index contributed by atoms with van der Waals surface area (Å²) in [6.45, 7) is 5.34. The van der Waals surface area contributed by atoms with Gasteiger partial charge in [-0.2, -0.15) is 0 Å². The van der Waals surface area contributed by atoms with Crippen molar-refractivity contribution in [1.29, 1.82) is 0 Å². The van der Waals surface area contributed by atoms with E-state index >= 15 is 0 Å². The molecule has 0 bridgehead atoms. The molecule has 0 aromatic carbocycles. The third kappa shape index (κ3) is 3.64. The van der Waals surface area contributed by atoms with Gasteiger partial charge in [-0.3, -0.25) is 4.98 Å². The minimum Gasteiger partial charge on any atom is -0.372 e. The lowest BCUT2D eigenvalue weighted by Crippen LogP contribution is -2.35. The molecule has 2 atom stereocenters. The molecule has 1 aromatic rings. The number of nitrogens with zero attached hydrogens (tertiary/aromatic N) is 2. The number of aromatic nitrogens is 2. The van der Waals surface area contributed by atoms with Gasteiger partial charge in [0, 0.05) is 19.3 Å². The summed E-state index contributed by atoms with van der Waals surface area (Å²) in [6.07, 6.45) is 3.49. The second-order valence-corrected chi connectivity index (χ2v) is 4.87. The lowest BCUT2D eigenvalue weighted by Gasteiger charge is -2.21. The molecule has 1 aliphatic rings. The maximum absolute atomic E-state index is 12.2. The number of hydrogen-bond acceptors (Lipinski definition) is 5. The van der Waals surface area contributed by atoms with E-state index in [-0.39, 0.29) is 18.8 Å². The molecule has 5 nitrogen and oxygen atoms in total. The molecule has 0 aliphatic carbocycles. The van der Waals surface area contributed by atoms with Crippen LogP contribution in [0.25, 0.3) is 0 Å². The molecule has 0 unspecified atom stereocenters. The van der Waals surface area contributed by atoms with Crippen molar-refractivity contribution in [3.8, 4) is 0 Å². The van der Waals surface area contributed by atoms with Gasteiger partial charge in [-0.1, -0.05) is 13.8 Å². The van der Waals surface area contributed by atoms with Crippen molar-refractivity contribution >= 4 is 5.82 Å². The van der Waals surface area contributed by atoms with Gasteiger partial charge in [0.05, 0.1) is 30.1 Å². The number of ether oxygens (including phenoxy) is 1. The van der Waals surface area contributed by atoms with Gasteiger partial charge < -0.3 is 15.4 Å². The quantitative estimate of drug-likeness (QED) is 0.790. The highest BCUT2D eigenvalue weighted by Crippen LogP contribution is 2.16. The van der Waals surface area contributed by atoms with E-state index in [0.29, 0.717) is 0 Å². The fourth-order valence-corrected chi connectivity index (χ4v) is 2.34. The molecule has 2 rings (SSSR count). The Balaban J connectivity index is 2.07. The molecule has 1 fully saturated rings. The van der Waals surface area contributed by atoms with E-state index in [9.17, 15) is 4.39 Å². The highest BCUT2D eigenvalue weighted by Gasteiger charge is 2.28. The summed E-state index contributed by atoms with van der Waals surface area (Å²) in [5.41, 5.74) is 1.93.